The number of fused-ring (bicyclic) bond motifs is 2. The van der Waals surface area contributed by atoms with Crippen LogP contribution in [0, 0.1) is 5.82 Å². The van der Waals surface area contributed by atoms with Crippen LogP contribution in [0.5, 0.6) is 17.6 Å². The number of hydrogen-bond donors (Lipinski definition) is 1. The fraction of sp³-hybridized carbons (Fsp3) is 0.370. The second-order valence-corrected chi connectivity index (χ2v) is 10.7. The Kier molecular flexibility index (Phi) is 7.99. The van der Waals surface area contributed by atoms with Gasteiger partial charge in [0.1, 0.15) is 33.9 Å². The van der Waals surface area contributed by atoms with E-state index in [1.54, 1.807) is 11.0 Å². The summed E-state index contributed by atoms with van der Waals surface area (Å²) in [7, 11) is 2.00. The standard InChI is InChI=1S/C27H27Cl2FN8O4/c1-3-21(39)37-4-6-38(7-5-37)25-16-10-20(28)32-26(42-24-17-12-31-35-19(17)11-18(30)22(24)29)23(16)33-27(34-25)41-14-15-13-40-9-8-36(15)2/h3,10-12,15H,1,4-9,13-14H2,2H3,(H,31,35)/t15-/m1/s1. The second kappa shape index (κ2) is 11.8. The lowest BCUT2D eigenvalue weighted by molar-refractivity contribution is -0.126. The van der Waals surface area contributed by atoms with E-state index in [2.05, 4.69) is 31.6 Å². The molecule has 15 heteroatoms. The fourth-order valence-electron chi connectivity index (χ4n) is 4.96. The van der Waals surface area contributed by atoms with Gasteiger partial charge in [-0.25, -0.2) is 4.39 Å². The summed E-state index contributed by atoms with van der Waals surface area (Å²) in [4.78, 5) is 31.8. The summed E-state index contributed by atoms with van der Waals surface area (Å²) in [5.74, 6) is -0.302. The highest BCUT2D eigenvalue weighted by molar-refractivity contribution is 6.33. The summed E-state index contributed by atoms with van der Waals surface area (Å²) in [5, 5.41) is 7.54. The molecule has 6 rings (SSSR count). The third kappa shape index (κ3) is 5.52. The lowest BCUT2D eigenvalue weighted by Crippen LogP contribution is -2.48. The fourth-order valence-corrected chi connectivity index (χ4v) is 5.34. The first-order valence-corrected chi connectivity index (χ1v) is 14.0. The number of aromatic nitrogens is 5. The first-order chi connectivity index (χ1) is 20.3. The molecule has 1 aromatic carbocycles. The lowest BCUT2D eigenvalue weighted by atomic mass is 10.2. The zero-order valence-corrected chi connectivity index (χ0v) is 24.2. The van der Waals surface area contributed by atoms with E-state index < -0.39 is 5.82 Å². The van der Waals surface area contributed by atoms with Crippen LogP contribution in [0.4, 0.5) is 10.2 Å². The minimum atomic E-state index is -0.695. The Balaban J connectivity index is 1.42. The predicted octanol–water partition coefficient (Wildman–Crippen LogP) is 3.68. The van der Waals surface area contributed by atoms with Crippen molar-refractivity contribution in [1.82, 2.24) is 34.9 Å². The molecule has 0 aliphatic carbocycles. The quantitative estimate of drug-likeness (QED) is 0.243. The summed E-state index contributed by atoms with van der Waals surface area (Å²) in [6.45, 7) is 7.74. The maximum Gasteiger partial charge on any atom is 0.319 e. The highest BCUT2D eigenvalue weighted by Gasteiger charge is 2.27. The van der Waals surface area contributed by atoms with Gasteiger partial charge in [-0.1, -0.05) is 29.8 Å². The Morgan fingerprint density at radius 2 is 2.00 bits per heavy atom. The van der Waals surface area contributed by atoms with Crippen molar-refractivity contribution in [2.45, 2.75) is 6.04 Å². The van der Waals surface area contributed by atoms with Crippen molar-refractivity contribution >= 4 is 56.7 Å². The molecule has 42 heavy (non-hydrogen) atoms. The second-order valence-electron chi connectivity index (χ2n) is 9.95. The summed E-state index contributed by atoms with van der Waals surface area (Å²) in [5.41, 5.74) is 0.678. The van der Waals surface area contributed by atoms with Crippen molar-refractivity contribution < 1.29 is 23.4 Å². The van der Waals surface area contributed by atoms with Crippen LogP contribution in [-0.2, 0) is 9.53 Å². The molecule has 3 aromatic heterocycles. The number of H-pyrrole nitrogens is 1. The Bertz CT molecular complexity index is 1660. The first kappa shape index (κ1) is 28.3. The average Bonchev–Trinajstić information content (AvgIpc) is 3.46. The molecule has 0 spiro atoms. The number of pyridine rings is 1. The van der Waals surface area contributed by atoms with Gasteiger partial charge in [0.2, 0.25) is 11.8 Å². The lowest BCUT2D eigenvalue weighted by Gasteiger charge is -2.35. The maximum atomic E-state index is 14.7. The van der Waals surface area contributed by atoms with Crippen molar-refractivity contribution in [2.24, 2.45) is 0 Å². The highest BCUT2D eigenvalue weighted by Crippen LogP contribution is 2.41. The van der Waals surface area contributed by atoms with Gasteiger partial charge >= 0.3 is 6.01 Å². The van der Waals surface area contributed by atoms with Crippen molar-refractivity contribution in [3.8, 4) is 17.6 Å². The molecule has 0 radical (unpaired) electrons. The van der Waals surface area contributed by atoms with E-state index in [0.717, 1.165) is 6.54 Å². The zero-order valence-electron chi connectivity index (χ0n) is 22.6. The molecule has 0 unspecified atom stereocenters. The highest BCUT2D eigenvalue weighted by atomic mass is 35.5. The molecular formula is C27H27Cl2FN8O4. The van der Waals surface area contributed by atoms with E-state index in [4.69, 9.17) is 42.4 Å². The number of morpholine rings is 1. The number of halogens is 3. The smallest absolute Gasteiger partial charge is 0.319 e. The third-order valence-corrected chi connectivity index (χ3v) is 7.91. The van der Waals surface area contributed by atoms with Gasteiger partial charge in [0.05, 0.1) is 41.7 Å². The number of amides is 1. The molecule has 1 atom stereocenters. The molecule has 1 N–H and O–H groups in total. The molecule has 0 bridgehead atoms. The third-order valence-electron chi connectivity index (χ3n) is 7.36. The number of carbonyl (C=O) groups excluding carboxylic acids is 1. The number of piperazine rings is 1. The van der Waals surface area contributed by atoms with Gasteiger partial charge in [0.15, 0.2) is 5.75 Å². The zero-order chi connectivity index (χ0) is 29.4. The number of carbonyl (C=O) groups is 1. The van der Waals surface area contributed by atoms with E-state index in [0.29, 0.717) is 61.5 Å². The number of benzene rings is 1. The normalized spacial score (nSPS) is 18.0. The number of nitrogens with one attached hydrogen (secondary N) is 1. The Morgan fingerprint density at radius 3 is 2.76 bits per heavy atom. The number of rotatable bonds is 7. The summed E-state index contributed by atoms with van der Waals surface area (Å²) < 4.78 is 32.5. The Hall–Kier alpha value is -3.78. The minimum absolute atomic E-state index is 0.00879. The van der Waals surface area contributed by atoms with Gasteiger partial charge in [-0.2, -0.15) is 20.1 Å². The molecule has 2 fully saturated rings. The number of nitrogens with zero attached hydrogens (tertiary/aromatic N) is 7. The SMILES string of the molecule is C=CC(=O)N1CCN(c2nc(OC[C@H]3COCCN3C)nc3c(Oc4c(Cl)c(F)cc5[nH]ncc45)nc(Cl)cc23)CC1. The molecular weight excluding hydrogens is 590 g/mol. The van der Waals surface area contributed by atoms with Crippen LogP contribution in [0.2, 0.25) is 10.2 Å². The summed E-state index contributed by atoms with van der Waals surface area (Å²) in [6.07, 6.45) is 2.78. The van der Waals surface area contributed by atoms with Crippen molar-refractivity contribution in [2.75, 3.05) is 64.5 Å². The van der Waals surface area contributed by atoms with Crippen molar-refractivity contribution in [3.63, 3.8) is 0 Å². The van der Waals surface area contributed by atoms with Crippen LogP contribution in [0.3, 0.4) is 0 Å². The number of hydrogen-bond acceptors (Lipinski definition) is 10. The van der Waals surface area contributed by atoms with E-state index >= 15 is 0 Å². The molecule has 2 saturated heterocycles. The van der Waals surface area contributed by atoms with Gasteiger partial charge in [0, 0.05) is 38.8 Å². The van der Waals surface area contributed by atoms with Crippen molar-refractivity contribution in [3.05, 3.63) is 47.0 Å². The topological polar surface area (TPSA) is 122 Å². The molecule has 4 aromatic rings. The van der Waals surface area contributed by atoms with Crippen molar-refractivity contribution in [1.29, 1.82) is 0 Å². The predicted molar refractivity (Wildman–Crippen MR) is 155 cm³/mol. The molecule has 1 amide bonds. The van der Waals surface area contributed by atoms with Gasteiger partial charge in [-0.15, -0.1) is 0 Å². The summed E-state index contributed by atoms with van der Waals surface area (Å²) in [6, 6.07) is 2.96. The molecule has 2 aliphatic heterocycles. The monoisotopic (exact) mass is 616 g/mol. The molecule has 5 heterocycles. The first-order valence-electron chi connectivity index (χ1n) is 13.3. The molecule has 0 saturated carbocycles. The van der Waals surface area contributed by atoms with Crippen LogP contribution >= 0.6 is 23.2 Å². The van der Waals surface area contributed by atoms with Crippen LogP contribution in [-0.4, -0.2) is 106 Å². The van der Waals surface area contributed by atoms with Crippen LogP contribution in [0.1, 0.15) is 0 Å². The largest absolute Gasteiger partial charge is 0.462 e. The van der Waals surface area contributed by atoms with E-state index in [1.807, 2.05) is 11.9 Å². The number of aromatic amines is 1. The van der Waals surface area contributed by atoms with Gasteiger partial charge in [0.25, 0.3) is 0 Å². The Labute approximate surface area is 250 Å². The summed E-state index contributed by atoms with van der Waals surface area (Å²) >= 11 is 12.8. The van der Waals surface area contributed by atoms with Gasteiger partial charge in [-0.3, -0.25) is 14.8 Å². The minimum Gasteiger partial charge on any atom is -0.462 e. The number of anilines is 1. The molecule has 12 nitrogen and oxygen atoms in total. The Morgan fingerprint density at radius 1 is 1.19 bits per heavy atom. The van der Waals surface area contributed by atoms with Crippen LogP contribution < -0.4 is 14.4 Å². The number of ether oxygens (including phenoxy) is 3. The van der Waals surface area contributed by atoms with E-state index in [-0.39, 0.29) is 51.9 Å². The van der Waals surface area contributed by atoms with Gasteiger partial charge < -0.3 is 24.0 Å². The maximum absolute atomic E-state index is 14.7. The van der Waals surface area contributed by atoms with Gasteiger partial charge in [-0.05, 0) is 19.2 Å². The molecule has 220 valence electrons. The van der Waals surface area contributed by atoms with Crippen LogP contribution in [0.15, 0.2) is 31.0 Å². The number of likely N-dealkylation sites (N-methyl/N-ethyl adjacent to an activating group) is 1. The average molecular weight is 617 g/mol. The van der Waals surface area contributed by atoms with E-state index in [9.17, 15) is 9.18 Å². The van der Waals surface area contributed by atoms with E-state index in [1.165, 1.54) is 18.3 Å². The molecule has 2 aliphatic rings. The van der Waals surface area contributed by atoms with Crippen LogP contribution in [0.25, 0.3) is 21.8 Å².